The molecule has 6 heteroatoms. The Labute approximate surface area is 865 Å². The summed E-state index contributed by atoms with van der Waals surface area (Å²) in [5.41, 5.74) is 40.5. The maximum atomic E-state index is 2.51. The van der Waals surface area contributed by atoms with Crippen molar-refractivity contribution >= 4 is 162 Å². The third-order valence-corrected chi connectivity index (χ3v) is 34.2. The number of anilines is 6. The number of nitrogens with zero attached hydrogens (tertiary/aromatic N) is 4. The molecule has 4 aromatic heterocycles. The van der Waals surface area contributed by atoms with Crippen molar-refractivity contribution in [2.75, 3.05) is 9.80 Å². The highest BCUT2D eigenvalue weighted by molar-refractivity contribution is 7.27. The van der Waals surface area contributed by atoms with E-state index in [1.54, 1.807) is 0 Å². The summed E-state index contributed by atoms with van der Waals surface area (Å²) in [7, 11) is 0. The average molecular weight is 1920 g/mol. The Balaban J connectivity index is 0.000000137. The normalized spacial score (nSPS) is 12.8. The number of thiophene rings is 2. The van der Waals surface area contributed by atoms with Gasteiger partial charge in [0.25, 0.3) is 0 Å². The smallest absolute Gasteiger partial charge is 0.0726 e. The van der Waals surface area contributed by atoms with Crippen LogP contribution in [0.5, 0.6) is 0 Å². The molecule has 3 aliphatic carbocycles. The Morgan fingerprint density at radius 1 is 0.176 bits per heavy atom. The van der Waals surface area contributed by atoms with Crippen LogP contribution >= 0.6 is 22.7 Å². The third-order valence-electron chi connectivity index (χ3n) is 31.8. The molecular weight excluding hydrogens is 1830 g/mol. The first-order valence-corrected chi connectivity index (χ1v) is 52.7. The molecule has 4 heterocycles. The standard InChI is InChI=1S/C71H44N2S.C71H46N2S/c1-2-17-45(18-3-1)47-33-36-50(37-34-47)72(53-39-40-57-56-25-8-13-30-64(56)71(65(57)43-53)62-28-11-6-23-54(62)55-24-7-12-29-63(55)71)51-22-16-21-49(42-51)60-44-61-58-26-9-14-31-66(58)73(52-38-35-46-19-4-5-20-48(46)41-52)69(61)68-59-27-10-15-32-67(59)74-70(60)68;1-4-19-47(20-5-1)49-35-38-54(39-36-49)72(57-41-42-59-58-29-12-15-32-64(58)71(65(59)45-57,52-24-6-2-7-25-52)53-26-8-3-9-27-53)55-28-18-23-51(44-55)62-46-63-60-30-13-16-33-66(60)73(56-40-37-48-21-10-11-22-50(48)43-56)69(63)68-61-31-14-17-34-67(61)74-70(62)68/h1-44H;1-46H. The van der Waals surface area contributed by atoms with Crippen molar-refractivity contribution in [1.82, 2.24) is 9.13 Å². The predicted molar refractivity (Wildman–Crippen MR) is 627 cm³/mol. The number of aromatic nitrogens is 2. The highest BCUT2D eigenvalue weighted by Gasteiger charge is 2.52. The molecule has 0 aliphatic heterocycles. The SMILES string of the molecule is c1ccc(-c2ccc(N(c3cccc(-c4cc5c6ccccc6n(-c6ccc7ccccc7c6)c5c5c4sc4ccccc45)c3)c3ccc4c(c3)C(c3ccccc3)(c3ccccc3)c3ccccc3-4)cc2)cc1.c1ccc(-c2ccc(N(c3cccc(-c4cc5c6ccccc6n(-c6ccc7ccccc7c6)c5c5c4sc4ccccc45)c3)c3ccc4c(c3)C3(c5ccccc5-c5ccccc53)c3ccccc3-4)cc2)cc1. The van der Waals surface area contributed by atoms with Crippen molar-refractivity contribution in [3.8, 4) is 89.3 Å². The Morgan fingerprint density at radius 2 is 0.486 bits per heavy atom. The van der Waals surface area contributed by atoms with Crippen LogP contribution in [0.2, 0.25) is 0 Å². The maximum Gasteiger partial charge on any atom is 0.0726 e. The minimum absolute atomic E-state index is 0.464. The molecule has 4 nitrogen and oxygen atoms in total. The second kappa shape index (κ2) is 34.1. The van der Waals surface area contributed by atoms with Crippen LogP contribution in [0.3, 0.4) is 0 Å². The van der Waals surface area contributed by atoms with Gasteiger partial charge in [0.05, 0.1) is 32.9 Å². The zero-order valence-electron chi connectivity index (χ0n) is 80.6. The first-order valence-electron chi connectivity index (χ1n) is 51.1. The molecule has 148 heavy (non-hydrogen) atoms. The van der Waals surface area contributed by atoms with Crippen molar-refractivity contribution in [2.45, 2.75) is 10.8 Å². The molecule has 0 unspecified atom stereocenters. The van der Waals surface area contributed by atoms with E-state index >= 15 is 0 Å². The molecule has 28 aromatic rings. The van der Waals surface area contributed by atoms with Gasteiger partial charge in [-0.3, -0.25) is 0 Å². The van der Waals surface area contributed by atoms with E-state index in [1.807, 2.05) is 22.7 Å². The maximum absolute atomic E-state index is 2.51. The minimum Gasteiger partial charge on any atom is -0.310 e. The van der Waals surface area contributed by atoms with Crippen LogP contribution in [-0.2, 0) is 10.8 Å². The van der Waals surface area contributed by atoms with Gasteiger partial charge in [-0.05, 0) is 266 Å². The van der Waals surface area contributed by atoms with Gasteiger partial charge in [0, 0.05) is 119 Å². The third kappa shape index (κ3) is 13.0. The first kappa shape index (κ1) is 85.1. The first-order chi connectivity index (χ1) is 73.4. The van der Waals surface area contributed by atoms with Crippen LogP contribution in [0.4, 0.5) is 34.1 Å². The van der Waals surface area contributed by atoms with Gasteiger partial charge in [-0.2, -0.15) is 0 Å². The number of benzene rings is 24. The molecule has 0 saturated carbocycles. The Hall–Kier alpha value is -18.6. The molecule has 0 radical (unpaired) electrons. The van der Waals surface area contributed by atoms with E-state index in [0.717, 1.165) is 39.8 Å². The molecule has 0 fully saturated rings. The van der Waals surface area contributed by atoms with Gasteiger partial charge < -0.3 is 18.9 Å². The fourth-order valence-electron chi connectivity index (χ4n) is 25.5. The number of hydrogen-bond acceptors (Lipinski definition) is 4. The van der Waals surface area contributed by atoms with Crippen LogP contribution in [0.1, 0.15) is 44.5 Å². The summed E-state index contributed by atoms with van der Waals surface area (Å²) in [5.74, 6) is 0. The lowest BCUT2D eigenvalue weighted by Crippen LogP contribution is -2.28. The van der Waals surface area contributed by atoms with E-state index < -0.39 is 10.8 Å². The van der Waals surface area contributed by atoms with Gasteiger partial charge in [-0.15, -0.1) is 22.7 Å². The average Bonchev–Trinajstić information content (AvgIpc) is 1.50. The summed E-state index contributed by atoms with van der Waals surface area (Å²) in [6.45, 7) is 0. The molecule has 3 aliphatic rings. The van der Waals surface area contributed by atoms with Gasteiger partial charge in [0.1, 0.15) is 0 Å². The van der Waals surface area contributed by atoms with Gasteiger partial charge in [-0.25, -0.2) is 0 Å². The molecule has 24 aromatic carbocycles. The highest BCUT2D eigenvalue weighted by Crippen LogP contribution is 2.65. The summed E-state index contributed by atoms with van der Waals surface area (Å²) in [4.78, 5) is 4.95. The predicted octanol–water partition coefficient (Wildman–Crippen LogP) is 38.9. The van der Waals surface area contributed by atoms with Crippen LogP contribution in [0, 0.1) is 0 Å². The lowest BCUT2D eigenvalue weighted by Gasteiger charge is -2.35. The summed E-state index contributed by atoms with van der Waals surface area (Å²) < 4.78 is 10.2. The zero-order valence-corrected chi connectivity index (χ0v) is 82.2. The molecule has 690 valence electrons. The number of hydrogen-bond donors (Lipinski definition) is 0. The number of para-hydroxylation sites is 2. The van der Waals surface area contributed by atoms with E-state index in [9.17, 15) is 0 Å². The lowest BCUT2D eigenvalue weighted by molar-refractivity contribution is 0.768. The van der Waals surface area contributed by atoms with Crippen LogP contribution < -0.4 is 9.80 Å². The zero-order chi connectivity index (χ0) is 97.2. The Bertz CT molecular complexity index is 9650. The van der Waals surface area contributed by atoms with Gasteiger partial charge in [-0.1, -0.05) is 413 Å². The fourth-order valence-corrected chi connectivity index (χ4v) is 27.9. The fraction of sp³-hybridized carbons (Fsp3) is 0.0141. The molecular formula is C142H90N4S2. The van der Waals surface area contributed by atoms with Crippen LogP contribution in [0.15, 0.2) is 546 Å². The molecule has 0 amide bonds. The molecule has 31 rings (SSSR count). The molecule has 1 spiro atoms. The van der Waals surface area contributed by atoms with E-state index in [-0.39, 0.29) is 0 Å². The van der Waals surface area contributed by atoms with Crippen molar-refractivity contribution in [1.29, 1.82) is 0 Å². The van der Waals surface area contributed by atoms with Crippen molar-refractivity contribution < 1.29 is 0 Å². The van der Waals surface area contributed by atoms with Crippen LogP contribution in [0.25, 0.3) is 195 Å². The molecule has 0 bridgehead atoms. The summed E-state index contributed by atoms with van der Waals surface area (Å²) >= 11 is 3.80. The van der Waals surface area contributed by atoms with E-state index in [1.165, 1.54) is 234 Å². The van der Waals surface area contributed by atoms with Gasteiger partial charge >= 0.3 is 0 Å². The summed E-state index contributed by atoms with van der Waals surface area (Å²) in [5, 5.41) is 15.1. The van der Waals surface area contributed by atoms with Crippen molar-refractivity contribution in [2.24, 2.45) is 0 Å². The summed E-state index contributed by atoms with van der Waals surface area (Å²) in [6, 6.07) is 203. The topological polar surface area (TPSA) is 16.3 Å². The Morgan fingerprint density at radius 3 is 0.905 bits per heavy atom. The van der Waals surface area contributed by atoms with E-state index in [0.29, 0.717) is 0 Å². The molecule has 0 N–H and O–H groups in total. The van der Waals surface area contributed by atoms with Crippen LogP contribution in [-0.4, -0.2) is 9.13 Å². The Kier molecular flexibility index (Phi) is 19.6. The highest BCUT2D eigenvalue weighted by atomic mass is 32.1. The lowest BCUT2D eigenvalue weighted by atomic mass is 9.67. The minimum atomic E-state index is -0.538. The monoisotopic (exact) mass is 1910 g/mol. The largest absolute Gasteiger partial charge is 0.310 e. The van der Waals surface area contributed by atoms with Gasteiger partial charge in [0.15, 0.2) is 0 Å². The van der Waals surface area contributed by atoms with E-state index in [2.05, 4.69) is 565 Å². The second-order valence-electron chi connectivity index (χ2n) is 39.5. The number of rotatable bonds is 14. The molecule has 0 saturated heterocycles. The second-order valence-corrected chi connectivity index (χ2v) is 41.6. The number of fused-ring (bicyclic) bond motifs is 29. The summed E-state index contributed by atoms with van der Waals surface area (Å²) in [6.07, 6.45) is 0. The van der Waals surface area contributed by atoms with Gasteiger partial charge in [0.2, 0.25) is 0 Å². The van der Waals surface area contributed by atoms with Crippen molar-refractivity contribution in [3.63, 3.8) is 0 Å². The van der Waals surface area contributed by atoms with E-state index in [4.69, 9.17) is 0 Å². The molecule has 0 atom stereocenters. The quantitative estimate of drug-likeness (QED) is 0.108. The van der Waals surface area contributed by atoms with Crippen molar-refractivity contribution in [3.05, 3.63) is 590 Å².